The topological polar surface area (TPSA) is 71.8 Å². The fourth-order valence-electron chi connectivity index (χ4n) is 3.37. The molecule has 0 spiro atoms. The van der Waals surface area contributed by atoms with Crippen molar-refractivity contribution in [3.8, 4) is 0 Å². The first-order valence-electron chi connectivity index (χ1n) is 8.31. The summed E-state index contributed by atoms with van der Waals surface area (Å²) in [6.07, 6.45) is 7.45. The molecule has 6 nitrogen and oxygen atoms in total. The molecule has 1 aliphatic carbocycles. The lowest BCUT2D eigenvalue weighted by Gasteiger charge is -2.47. The quantitative estimate of drug-likeness (QED) is 0.900. The minimum Gasteiger partial charge on any atom is -0.459 e. The van der Waals surface area contributed by atoms with Crippen molar-refractivity contribution in [3.05, 3.63) is 24.2 Å². The average Bonchev–Trinajstić information content (AvgIpc) is 3.05. The maximum absolute atomic E-state index is 12.1. The summed E-state index contributed by atoms with van der Waals surface area (Å²) in [7, 11) is 0. The molecule has 1 saturated heterocycles. The molecule has 1 aliphatic heterocycles. The molecule has 2 fully saturated rings. The molecule has 0 radical (unpaired) electrons. The van der Waals surface area contributed by atoms with Gasteiger partial charge in [0.05, 0.1) is 17.9 Å². The first kappa shape index (κ1) is 16.1. The van der Waals surface area contributed by atoms with Crippen LogP contribution < -0.4 is 5.32 Å². The maximum Gasteiger partial charge on any atom is 0.289 e. The highest BCUT2D eigenvalue weighted by atomic mass is 16.5. The molecule has 126 valence electrons. The van der Waals surface area contributed by atoms with Gasteiger partial charge in [0.25, 0.3) is 5.91 Å². The van der Waals surface area contributed by atoms with E-state index in [0.29, 0.717) is 18.8 Å². The van der Waals surface area contributed by atoms with Crippen molar-refractivity contribution < 1.29 is 18.7 Å². The number of likely N-dealkylation sites (tertiary alicyclic amines) is 1. The molecular weight excluding hydrogens is 296 g/mol. The zero-order valence-corrected chi connectivity index (χ0v) is 13.5. The van der Waals surface area contributed by atoms with Crippen LogP contribution in [0.4, 0.5) is 0 Å². The second kappa shape index (κ2) is 6.74. The maximum atomic E-state index is 12.1. The number of carbonyl (C=O) groups excluding carboxylic acids is 2. The van der Waals surface area contributed by atoms with Crippen molar-refractivity contribution >= 4 is 11.8 Å². The number of amides is 2. The van der Waals surface area contributed by atoms with E-state index < -0.39 is 0 Å². The standard InChI is InChI=1S/C17H24N2O4/c1-17(11-19(12-17)16(21)14-8-5-9-22-14)18-15(20)10-23-13-6-3-2-4-7-13/h5,8-9,13H,2-4,6-7,10-12H2,1H3,(H,18,20). The van der Waals surface area contributed by atoms with Gasteiger partial charge in [0.2, 0.25) is 5.91 Å². The fraction of sp³-hybridized carbons (Fsp3) is 0.647. The molecular formula is C17H24N2O4. The molecule has 0 bridgehead atoms. The Balaban J connectivity index is 1.40. The van der Waals surface area contributed by atoms with Crippen molar-refractivity contribution in [2.45, 2.75) is 50.7 Å². The van der Waals surface area contributed by atoms with E-state index in [2.05, 4.69) is 5.32 Å². The number of nitrogens with zero attached hydrogens (tertiary/aromatic N) is 1. The number of ether oxygens (including phenoxy) is 1. The van der Waals surface area contributed by atoms with Gasteiger partial charge in [0.15, 0.2) is 5.76 Å². The highest BCUT2D eigenvalue weighted by molar-refractivity contribution is 5.92. The lowest BCUT2D eigenvalue weighted by atomic mass is 9.91. The number of hydrogen-bond donors (Lipinski definition) is 1. The summed E-state index contributed by atoms with van der Waals surface area (Å²) >= 11 is 0. The Bertz CT molecular complexity index is 543. The van der Waals surface area contributed by atoms with Gasteiger partial charge < -0.3 is 19.4 Å². The van der Waals surface area contributed by atoms with Crippen LogP contribution in [0.2, 0.25) is 0 Å². The third-order valence-electron chi connectivity index (χ3n) is 4.54. The largest absolute Gasteiger partial charge is 0.459 e. The number of hydrogen-bond acceptors (Lipinski definition) is 4. The van der Waals surface area contributed by atoms with Gasteiger partial charge in [-0.2, -0.15) is 0 Å². The molecule has 1 saturated carbocycles. The zero-order chi connectivity index (χ0) is 16.3. The van der Waals surface area contributed by atoms with E-state index in [9.17, 15) is 9.59 Å². The van der Waals surface area contributed by atoms with E-state index >= 15 is 0 Å². The van der Waals surface area contributed by atoms with Crippen molar-refractivity contribution in [3.63, 3.8) is 0 Å². The molecule has 0 unspecified atom stereocenters. The predicted octanol–water partition coefficient (Wildman–Crippen LogP) is 1.96. The second-order valence-electron chi connectivity index (χ2n) is 6.82. The normalized spacial score (nSPS) is 20.8. The molecule has 1 aromatic heterocycles. The van der Waals surface area contributed by atoms with Gasteiger partial charge >= 0.3 is 0 Å². The number of nitrogens with one attached hydrogen (secondary N) is 1. The van der Waals surface area contributed by atoms with E-state index in [1.807, 2.05) is 6.92 Å². The molecule has 1 aromatic rings. The van der Waals surface area contributed by atoms with Crippen LogP contribution in [-0.2, 0) is 9.53 Å². The van der Waals surface area contributed by atoms with Gasteiger partial charge in [-0.25, -0.2) is 0 Å². The zero-order valence-electron chi connectivity index (χ0n) is 13.5. The molecule has 6 heteroatoms. The van der Waals surface area contributed by atoms with Crippen molar-refractivity contribution in [1.29, 1.82) is 0 Å². The van der Waals surface area contributed by atoms with Gasteiger partial charge in [-0.05, 0) is 31.9 Å². The Hall–Kier alpha value is -1.82. The molecule has 2 heterocycles. The number of carbonyl (C=O) groups is 2. The minimum absolute atomic E-state index is 0.104. The summed E-state index contributed by atoms with van der Waals surface area (Å²) in [4.78, 5) is 25.8. The summed E-state index contributed by atoms with van der Waals surface area (Å²) < 4.78 is 10.8. The summed E-state index contributed by atoms with van der Waals surface area (Å²) in [5, 5.41) is 2.97. The number of furan rings is 1. The monoisotopic (exact) mass is 320 g/mol. The Morgan fingerprint density at radius 2 is 2.09 bits per heavy atom. The van der Waals surface area contributed by atoms with Crippen molar-refractivity contribution in [2.75, 3.05) is 19.7 Å². The lowest BCUT2D eigenvalue weighted by molar-refractivity contribution is -0.132. The van der Waals surface area contributed by atoms with Gasteiger partial charge in [-0.15, -0.1) is 0 Å². The minimum atomic E-state index is -0.380. The summed E-state index contributed by atoms with van der Waals surface area (Å²) in [6.45, 7) is 3.02. The first-order chi connectivity index (χ1) is 11.1. The van der Waals surface area contributed by atoms with E-state index in [-0.39, 0.29) is 30.1 Å². The molecule has 23 heavy (non-hydrogen) atoms. The first-order valence-corrected chi connectivity index (χ1v) is 8.31. The summed E-state index contributed by atoms with van der Waals surface area (Å²) in [5.74, 6) is 0.0855. The van der Waals surface area contributed by atoms with E-state index in [1.54, 1.807) is 17.0 Å². The molecule has 2 aliphatic rings. The van der Waals surface area contributed by atoms with E-state index in [1.165, 1.54) is 25.5 Å². The average molecular weight is 320 g/mol. The molecule has 0 atom stereocenters. The molecule has 2 amide bonds. The van der Waals surface area contributed by atoms with Gasteiger partial charge in [-0.3, -0.25) is 9.59 Å². The van der Waals surface area contributed by atoms with Crippen molar-refractivity contribution in [1.82, 2.24) is 10.2 Å². The summed E-state index contributed by atoms with van der Waals surface area (Å²) in [5.41, 5.74) is -0.380. The smallest absolute Gasteiger partial charge is 0.289 e. The van der Waals surface area contributed by atoms with E-state index in [0.717, 1.165) is 12.8 Å². The van der Waals surface area contributed by atoms with Gasteiger partial charge in [0.1, 0.15) is 6.61 Å². The third kappa shape index (κ3) is 3.93. The van der Waals surface area contributed by atoms with Crippen LogP contribution in [0.15, 0.2) is 22.8 Å². The Labute approximate surface area is 136 Å². The van der Waals surface area contributed by atoms with Gasteiger partial charge in [-0.1, -0.05) is 19.3 Å². The van der Waals surface area contributed by atoms with E-state index in [4.69, 9.17) is 9.15 Å². The Morgan fingerprint density at radius 1 is 1.35 bits per heavy atom. The second-order valence-corrected chi connectivity index (χ2v) is 6.82. The van der Waals surface area contributed by atoms with Crippen LogP contribution in [0.25, 0.3) is 0 Å². The molecule has 3 rings (SSSR count). The van der Waals surface area contributed by atoms with Crippen LogP contribution >= 0.6 is 0 Å². The van der Waals surface area contributed by atoms with Gasteiger partial charge in [0, 0.05) is 13.1 Å². The fourth-order valence-corrected chi connectivity index (χ4v) is 3.37. The Morgan fingerprint density at radius 3 is 2.74 bits per heavy atom. The molecule has 0 aromatic carbocycles. The van der Waals surface area contributed by atoms with Crippen LogP contribution in [0.1, 0.15) is 49.6 Å². The predicted molar refractivity (Wildman–Crippen MR) is 84.0 cm³/mol. The van der Waals surface area contributed by atoms with Crippen LogP contribution in [-0.4, -0.2) is 48.1 Å². The summed E-state index contributed by atoms with van der Waals surface area (Å²) in [6, 6.07) is 3.34. The highest BCUT2D eigenvalue weighted by Crippen LogP contribution is 2.23. The number of rotatable bonds is 5. The lowest BCUT2D eigenvalue weighted by Crippen LogP contribution is -2.70. The SMILES string of the molecule is CC1(NC(=O)COC2CCCCC2)CN(C(=O)c2ccco2)C1. The highest BCUT2D eigenvalue weighted by Gasteiger charge is 2.43. The van der Waals surface area contributed by atoms with Crippen LogP contribution in [0, 0.1) is 0 Å². The van der Waals surface area contributed by atoms with Crippen molar-refractivity contribution in [2.24, 2.45) is 0 Å². The molecule has 1 N–H and O–H groups in total. The van der Waals surface area contributed by atoms with Crippen LogP contribution in [0.5, 0.6) is 0 Å². The Kier molecular flexibility index (Phi) is 4.71. The third-order valence-corrected chi connectivity index (χ3v) is 4.54. The van der Waals surface area contributed by atoms with Crippen LogP contribution in [0.3, 0.4) is 0 Å².